The van der Waals surface area contributed by atoms with Crippen molar-refractivity contribution in [3.63, 3.8) is 0 Å². The SMILES string of the molecule is CCCC(O)CNC(=O)Nc1cccc(-c2nccn2C)c1. The number of urea groups is 1. The van der Waals surface area contributed by atoms with E-state index in [1.807, 2.05) is 49.0 Å². The van der Waals surface area contributed by atoms with E-state index in [4.69, 9.17) is 0 Å². The highest BCUT2D eigenvalue weighted by Gasteiger charge is 2.08. The molecule has 6 nitrogen and oxygen atoms in total. The van der Waals surface area contributed by atoms with Crippen molar-refractivity contribution in [1.29, 1.82) is 0 Å². The summed E-state index contributed by atoms with van der Waals surface area (Å²) in [4.78, 5) is 16.1. The summed E-state index contributed by atoms with van der Waals surface area (Å²) in [6.45, 7) is 2.24. The molecule has 0 bridgehead atoms. The van der Waals surface area contributed by atoms with Gasteiger partial charge in [-0.05, 0) is 18.6 Å². The van der Waals surface area contributed by atoms with Crippen LogP contribution in [-0.4, -0.2) is 33.3 Å². The Bertz CT molecular complexity index is 624. The lowest BCUT2D eigenvalue weighted by molar-refractivity contribution is 0.162. The Morgan fingerprint density at radius 3 is 2.95 bits per heavy atom. The monoisotopic (exact) mass is 302 g/mol. The maximum absolute atomic E-state index is 11.8. The third-order valence-electron chi connectivity index (χ3n) is 3.32. The van der Waals surface area contributed by atoms with Crippen LogP contribution in [-0.2, 0) is 7.05 Å². The number of aromatic nitrogens is 2. The molecule has 0 saturated carbocycles. The molecular weight excluding hydrogens is 280 g/mol. The molecule has 2 aromatic rings. The molecule has 1 atom stereocenters. The molecule has 1 unspecified atom stereocenters. The van der Waals surface area contributed by atoms with Crippen molar-refractivity contribution in [2.75, 3.05) is 11.9 Å². The van der Waals surface area contributed by atoms with Gasteiger partial charge in [0.25, 0.3) is 0 Å². The number of carbonyl (C=O) groups is 1. The van der Waals surface area contributed by atoms with Crippen LogP contribution in [0, 0.1) is 0 Å². The van der Waals surface area contributed by atoms with Gasteiger partial charge in [0.05, 0.1) is 6.10 Å². The molecule has 2 amide bonds. The minimum Gasteiger partial charge on any atom is -0.391 e. The Hall–Kier alpha value is -2.34. The molecule has 0 radical (unpaired) electrons. The summed E-state index contributed by atoms with van der Waals surface area (Å²) < 4.78 is 1.92. The molecule has 0 aliphatic heterocycles. The molecule has 2 rings (SSSR count). The third-order valence-corrected chi connectivity index (χ3v) is 3.32. The zero-order valence-corrected chi connectivity index (χ0v) is 12.9. The number of amides is 2. The normalized spacial score (nSPS) is 12.0. The number of benzene rings is 1. The Morgan fingerprint density at radius 2 is 2.27 bits per heavy atom. The van der Waals surface area contributed by atoms with Gasteiger partial charge in [-0.3, -0.25) is 0 Å². The number of carbonyl (C=O) groups excluding carboxylic acids is 1. The van der Waals surface area contributed by atoms with E-state index >= 15 is 0 Å². The smallest absolute Gasteiger partial charge is 0.319 e. The minimum atomic E-state index is -0.505. The number of hydrogen-bond acceptors (Lipinski definition) is 3. The molecule has 0 aliphatic carbocycles. The fourth-order valence-corrected chi connectivity index (χ4v) is 2.20. The lowest BCUT2D eigenvalue weighted by atomic mass is 10.2. The maximum atomic E-state index is 11.8. The van der Waals surface area contributed by atoms with Crippen molar-refractivity contribution in [3.8, 4) is 11.4 Å². The predicted octanol–water partition coefficient (Wildman–Crippen LogP) is 2.37. The van der Waals surface area contributed by atoms with E-state index in [-0.39, 0.29) is 12.6 Å². The van der Waals surface area contributed by atoms with Crippen LogP contribution in [0.3, 0.4) is 0 Å². The van der Waals surface area contributed by atoms with E-state index in [9.17, 15) is 9.90 Å². The molecule has 0 fully saturated rings. The first-order valence-electron chi connectivity index (χ1n) is 7.41. The van der Waals surface area contributed by atoms with Gasteiger partial charge >= 0.3 is 6.03 Å². The standard InChI is InChI=1S/C16H22N4O2/c1-3-5-14(21)11-18-16(22)19-13-7-4-6-12(10-13)15-17-8-9-20(15)2/h4,6-10,14,21H,3,5,11H2,1-2H3,(H2,18,19,22). The highest BCUT2D eigenvalue weighted by molar-refractivity contribution is 5.89. The number of aliphatic hydroxyl groups is 1. The number of nitrogens with zero attached hydrogens (tertiary/aromatic N) is 2. The number of rotatable bonds is 6. The van der Waals surface area contributed by atoms with Gasteiger partial charge in [0.2, 0.25) is 0 Å². The average molecular weight is 302 g/mol. The number of nitrogens with one attached hydrogen (secondary N) is 2. The van der Waals surface area contributed by atoms with Gasteiger partial charge in [-0.2, -0.15) is 0 Å². The summed E-state index contributed by atoms with van der Waals surface area (Å²) in [5.41, 5.74) is 1.61. The zero-order chi connectivity index (χ0) is 15.9. The van der Waals surface area contributed by atoms with E-state index in [0.29, 0.717) is 12.1 Å². The van der Waals surface area contributed by atoms with Crippen molar-refractivity contribution in [3.05, 3.63) is 36.7 Å². The Labute approximate surface area is 130 Å². The molecule has 1 heterocycles. The number of aryl methyl sites for hydroxylation is 1. The molecule has 0 spiro atoms. The van der Waals surface area contributed by atoms with Gasteiger partial charge < -0.3 is 20.3 Å². The van der Waals surface area contributed by atoms with Crippen molar-refractivity contribution < 1.29 is 9.90 Å². The van der Waals surface area contributed by atoms with Gasteiger partial charge in [0.15, 0.2) is 0 Å². The van der Waals surface area contributed by atoms with Gasteiger partial charge in [0.1, 0.15) is 5.82 Å². The first-order chi connectivity index (χ1) is 10.6. The fourth-order valence-electron chi connectivity index (χ4n) is 2.20. The van der Waals surface area contributed by atoms with Crippen molar-refractivity contribution in [2.24, 2.45) is 7.05 Å². The van der Waals surface area contributed by atoms with Gasteiger partial charge in [-0.1, -0.05) is 25.5 Å². The Kier molecular flexibility index (Phi) is 5.55. The van der Waals surface area contributed by atoms with Crippen LogP contribution < -0.4 is 10.6 Å². The first kappa shape index (κ1) is 16.0. The van der Waals surface area contributed by atoms with E-state index in [1.165, 1.54) is 0 Å². The molecule has 1 aromatic carbocycles. The molecule has 0 aliphatic rings. The van der Waals surface area contributed by atoms with E-state index in [0.717, 1.165) is 17.8 Å². The lowest BCUT2D eigenvalue weighted by Crippen LogP contribution is -2.35. The van der Waals surface area contributed by atoms with Crippen LogP contribution in [0.4, 0.5) is 10.5 Å². The predicted molar refractivity (Wildman–Crippen MR) is 86.6 cm³/mol. The Morgan fingerprint density at radius 1 is 1.45 bits per heavy atom. The van der Waals surface area contributed by atoms with E-state index in [1.54, 1.807) is 6.20 Å². The molecule has 1 aromatic heterocycles. The Balaban J connectivity index is 1.96. The molecule has 0 saturated heterocycles. The van der Waals surface area contributed by atoms with Gasteiger partial charge in [-0.25, -0.2) is 9.78 Å². The van der Waals surface area contributed by atoms with Crippen LogP contribution in [0.25, 0.3) is 11.4 Å². The van der Waals surface area contributed by atoms with Crippen LogP contribution in [0.2, 0.25) is 0 Å². The quantitative estimate of drug-likeness (QED) is 0.766. The largest absolute Gasteiger partial charge is 0.391 e. The topological polar surface area (TPSA) is 79.2 Å². The third kappa shape index (κ3) is 4.33. The molecule has 118 valence electrons. The second-order valence-electron chi connectivity index (χ2n) is 5.22. The highest BCUT2D eigenvalue weighted by atomic mass is 16.3. The lowest BCUT2D eigenvalue weighted by Gasteiger charge is -2.12. The maximum Gasteiger partial charge on any atom is 0.319 e. The molecular formula is C16H22N4O2. The minimum absolute atomic E-state index is 0.249. The molecule has 3 N–H and O–H groups in total. The summed E-state index contributed by atoms with van der Waals surface area (Å²) in [5.74, 6) is 0.836. The van der Waals surface area contributed by atoms with E-state index in [2.05, 4.69) is 15.6 Å². The average Bonchev–Trinajstić information content (AvgIpc) is 2.92. The summed E-state index contributed by atoms with van der Waals surface area (Å²) in [5, 5.41) is 15.0. The van der Waals surface area contributed by atoms with Gasteiger partial charge in [0, 0.05) is 37.2 Å². The van der Waals surface area contributed by atoms with Crippen LogP contribution in [0.1, 0.15) is 19.8 Å². The second kappa shape index (κ2) is 7.61. The number of imidazole rings is 1. The van der Waals surface area contributed by atoms with Crippen molar-refractivity contribution >= 4 is 11.7 Å². The zero-order valence-electron chi connectivity index (χ0n) is 12.9. The van der Waals surface area contributed by atoms with Gasteiger partial charge in [-0.15, -0.1) is 0 Å². The van der Waals surface area contributed by atoms with Crippen LogP contribution in [0.15, 0.2) is 36.7 Å². The molecule has 22 heavy (non-hydrogen) atoms. The van der Waals surface area contributed by atoms with Crippen LogP contribution in [0.5, 0.6) is 0 Å². The first-order valence-corrected chi connectivity index (χ1v) is 7.41. The fraction of sp³-hybridized carbons (Fsp3) is 0.375. The van der Waals surface area contributed by atoms with E-state index < -0.39 is 6.10 Å². The second-order valence-corrected chi connectivity index (χ2v) is 5.22. The summed E-state index contributed by atoms with van der Waals surface area (Å²) in [7, 11) is 1.92. The number of anilines is 1. The number of aliphatic hydroxyl groups excluding tert-OH is 1. The summed E-state index contributed by atoms with van der Waals surface area (Å²) in [6, 6.07) is 7.16. The van der Waals surface area contributed by atoms with Crippen LogP contribution >= 0.6 is 0 Å². The van der Waals surface area contributed by atoms with Crippen molar-refractivity contribution in [2.45, 2.75) is 25.9 Å². The number of hydrogen-bond donors (Lipinski definition) is 3. The van der Waals surface area contributed by atoms with Crippen molar-refractivity contribution in [1.82, 2.24) is 14.9 Å². The molecule has 6 heteroatoms. The summed E-state index contributed by atoms with van der Waals surface area (Å²) in [6.07, 6.45) is 4.66. The summed E-state index contributed by atoms with van der Waals surface area (Å²) >= 11 is 0. The highest BCUT2D eigenvalue weighted by Crippen LogP contribution is 2.20.